The molecular weight excluding hydrogens is 331 g/mol. The number of carbonyl (C=O) groups is 2. The number of halogens is 2. The van der Waals surface area contributed by atoms with E-state index in [2.05, 4.69) is 21.2 Å². The van der Waals surface area contributed by atoms with E-state index in [1.54, 1.807) is 6.07 Å². The van der Waals surface area contributed by atoms with E-state index < -0.39 is 11.9 Å². The van der Waals surface area contributed by atoms with Gasteiger partial charge in [0, 0.05) is 17.6 Å². The Morgan fingerprint density at radius 3 is 2.95 bits per heavy atom. The monoisotopic (exact) mass is 344 g/mol. The van der Waals surface area contributed by atoms with Gasteiger partial charge in [-0.25, -0.2) is 4.39 Å². The molecule has 1 N–H and O–H groups in total. The van der Waals surface area contributed by atoms with E-state index in [-0.39, 0.29) is 24.1 Å². The van der Waals surface area contributed by atoms with Crippen LogP contribution in [0.25, 0.3) is 0 Å². The minimum Gasteiger partial charge on any atom is -0.478 e. The summed E-state index contributed by atoms with van der Waals surface area (Å²) >= 11 is 3.15. The molecule has 5 nitrogen and oxygen atoms in total. The summed E-state index contributed by atoms with van der Waals surface area (Å²) in [4.78, 5) is 24.8. The Hall–Kier alpha value is -1.63. The first-order chi connectivity index (χ1) is 9.47. The average molecular weight is 345 g/mol. The van der Waals surface area contributed by atoms with Crippen molar-refractivity contribution in [2.45, 2.75) is 13.0 Å². The summed E-state index contributed by atoms with van der Waals surface area (Å²) in [6, 6.07) is 4.34. The van der Waals surface area contributed by atoms with Crippen molar-refractivity contribution in [3.05, 3.63) is 28.5 Å². The zero-order valence-corrected chi connectivity index (χ0v) is 12.4. The fourth-order valence-electron chi connectivity index (χ4n) is 1.90. The second-order valence-corrected chi connectivity index (χ2v) is 5.36. The van der Waals surface area contributed by atoms with Gasteiger partial charge in [-0.2, -0.15) is 0 Å². The van der Waals surface area contributed by atoms with Crippen molar-refractivity contribution < 1.29 is 18.7 Å². The van der Waals surface area contributed by atoms with E-state index in [1.165, 1.54) is 24.0 Å². The number of hydrogen-bond donors (Lipinski definition) is 1. The van der Waals surface area contributed by atoms with E-state index in [4.69, 9.17) is 4.74 Å². The first kappa shape index (κ1) is 14.8. The number of piperazine rings is 1. The Bertz CT molecular complexity index is 538. The van der Waals surface area contributed by atoms with Gasteiger partial charge in [0.2, 0.25) is 5.91 Å². The van der Waals surface area contributed by atoms with Gasteiger partial charge in [0.05, 0.1) is 6.54 Å². The third-order valence-electron chi connectivity index (χ3n) is 2.90. The summed E-state index contributed by atoms with van der Waals surface area (Å²) in [5.41, 5.74) is 0. The fourth-order valence-corrected chi connectivity index (χ4v) is 2.23. The number of amides is 2. The van der Waals surface area contributed by atoms with Gasteiger partial charge in [-0.3, -0.25) is 9.59 Å². The van der Waals surface area contributed by atoms with Crippen molar-refractivity contribution in [1.29, 1.82) is 0 Å². The van der Waals surface area contributed by atoms with Gasteiger partial charge < -0.3 is 15.0 Å². The second kappa shape index (κ2) is 6.21. The maximum atomic E-state index is 13.6. The highest BCUT2D eigenvalue weighted by atomic mass is 79.9. The van der Waals surface area contributed by atoms with Crippen LogP contribution in [-0.4, -0.2) is 42.5 Å². The normalized spacial score (nSPS) is 16.6. The SMILES string of the molecule is CC(Oc1ccc(Br)cc1F)C(=O)N1CCNC(=O)C1. The third kappa shape index (κ3) is 3.47. The number of hydrogen-bond acceptors (Lipinski definition) is 3. The Morgan fingerprint density at radius 1 is 1.55 bits per heavy atom. The molecule has 1 aromatic carbocycles. The van der Waals surface area contributed by atoms with Gasteiger partial charge in [0.25, 0.3) is 5.91 Å². The molecule has 1 aliphatic heterocycles. The van der Waals surface area contributed by atoms with E-state index in [1.807, 2.05) is 0 Å². The van der Waals surface area contributed by atoms with Crippen molar-refractivity contribution in [3.63, 3.8) is 0 Å². The number of carbonyl (C=O) groups excluding carboxylic acids is 2. The number of rotatable bonds is 3. The summed E-state index contributed by atoms with van der Waals surface area (Å²) in [7, 11) is 0. The number of ether oxygens (including phenoxy) is 1. The highest BCUT2D eigenvalue weighted by Gasteiger charge is 2.26. The number of benzene rings is 1. The van der Waals surface area contributed by atoms with Crippen LogP contribution in [0.2, 0.25) is 0 Å². The van der Waals surface area contributed by atoms with E-state index >= 15 is 0 Å². The summed E-state index contributed by atoms with van der Waals surface area (Å²) in [6.45, 7) is 2.40. The molecule has 0 radical (unpaired) electrons. The van der Waals surface area contributed by atoms with Crippen LogP contribution >= 0.6 is 15.9 Å². The molecule has 7 heteroatoms. The van der Waals surface area contributed by atoms with Crippen LogP contribution in [0.5, 0.6) is 5.75 Å². The molecular formula is C13H14BrFN2O3. The van der Waals surface area contributed by atoms with Gasteiger partial charge in [-0.15, -0.1) is 0 Å². The van der Waals surface area contributed by atoms with Gasteiger partial charge in [-0.1, -0.05) is 15.9 Å². The largest absolute Gasteiger partial charge is 0.478 e. The predicted molar refractivity (Wildman–Crippen MR) is 73.8 cm³/mol. The third-order valence-corrected chi connectivity index (χ3v) is 3.39. The molecule has 1 aromatic rings. The van der Waals surface area contributed by atoms with Crippen molar-refractivity contribution in [2.24, 2.45) is 0 Å². The average Bonchev–Trinajstić information content (AvgIpc) is 2.41. The van der Waals surface area contributed by atoms with Gasteiger partial charge in [-0.05, 0) is 25.1 Å². The maximum absolute atomic E-state index is 13.6. The lowest BCUT2D eigenvalue weighted by Gasteiger charge is -2.29. The maximum Gasteiger partial charge on any atom is 0.263 e. The van der Waals surface area contributed by atoms with E-state index in [9.17, 15) is 14.0 Å². The Balaban J connectivity index is 2.01. The lowest BCUT2D eigenvalue weighted by Crippen LogP contribution is -2.53. The molecule has 1 unspecified atom stereocenters. The first-order valence-corrected chi connectivity index (χ1v) is 6.94. The highest BCUT2D eigenvalue weighted by molar-refractivity contribution is 9.10. The zero-order chi connectivity index (χ0) is 14.7. The molecule has 2 rings (SSSR count). The summed E-state index contributed by atoms with van der Waals surface area (Å²) in [6.07, 6.45) is -0.850. The van der Waals surface area contributed by atoms with Crippen LogP contribution in [0.1, 0.15) is 6.92 Å². The molecule has 20 heavy (non-hydrogen) atoms. The zero-order valence-electron chi connectivity index (χ0n) is 10.9. The van der Waals surface area contributed by atoms with Crippen molar-refractivity contribution in [1.82, 2.24) is 10.2 Å². The topological polar surface area (TPSA) is 58.6 Å². The molecule has 0 aromatic heterocycles. The molecule has 0 bridgehead atoms. The molecule has 1 heterocycles. The molecule has 108 valence electrons. The van der Waals surface area contributed by atoms with Gasteiger partial charge in [0.15, 0.2) is 17.7 Å². The van der Waals surface area contributed by atoms with Crippen molar-refractivity contribution in [3.8, 4) is 5.75 Å². The summed E-state index contributed by atoms with van der Waals surface area (Å²) in [5, 5.41) is 2.63. The van der Waals surface area contributed by atoms with Crippen LogP contribution in [-0.2, 0) is 9.59 Å². The summed E-state index contributed by atoms with van der Waals surface area (Å²) < 4.78 is 19.6. The molecule has 1 aliphatic rings. The Morgan fingerprint density at radius 2 is 2.30 bits per heavy atom. The Labute approximate surface area is 124 Å². The highest BCUT2D eigenvalue weighted by Crippen LogP contribution is 2.22. The minimum atomic E-state index is -0.850. The molecule has 1 saturated heterocycles. The quantitative estimate of drug-likeness (QED) is 0.899. The lowest BCUT2D eigenvalue weighted by molar-refractivity contribution is -0.143. The second-order valence-electron chi connectivity index (χ2n) is 4.44. The van der Waals surface area contributed by atoms with E-state index in [0.717, 1.165) is 0 Å². The smallest absolute Gasteiger partial charge is 0.263 e. The standard InChI is InChI=1S/C13H14BrFN2O3/c1-8(13(19)17-5-4-16-12(18)7-17)20-11-3-2-9(14)6-10(11)15/h2-3,6,8H,4-5,7H2,1H3,(H,16,18). The van der Waals surface area contributed by atoms with Crippen LogP contribution in [0.3, 0.4) is 0 Å². The van der Waals surface area contributed by atoms with E-state index in [0.29, 0.717) is 17.6 Å². The number of nitrogens with zero attached hydrogens (tertiary/aromatic N) is 1. The predicted octanol–water partition coefficient (Wildman–Crippen LogP) is 1.31. The molecule has 1 fully saturated rings. The van der Waals surface area contributed by atoms with Crippen LogP contribution in [0.15, 0.2) is 22.7 Å². The minimum absolute atomic E-state index is 0.00928. The molecule has 0 saturated carbocycles. The molecule has 0 spiro atoms. The van der Waals surface area contributed by atoms with Crippen molar-refractivity contribution >= 4 is 27.7 Å². The molecule has 1 atom stereocenters. The van der Waals surface area contributed by atoms with Gasteiger partial charge in [0.1, 0.15) is 0 Å². The Kier molecular flexibility index (Phi) is 4.59. The van der Waals surface area contributed by atoms with Crippen molar-refractivity contribution in [2.75, 3.05) is 19.6 Å². The first-order valence-electron chi connectivity index (χ1n) is 6.14. The molecule has 0 aliphatic carbocycles. The summed E-state index contributed by atoms with van der Waals surface area (Å²) in [5.74, 6) is -1.07. The lowest BCUT2D eigenvalue weighted by atomic mass is 10.2. The fraction of sp³-hybridized carbons (Fsp3) is 0.385. The van der Waals surface area contributed by atoms with Gasteiger partial charge >= 0.3 is 0 Å². The number of nitrogens with one attached hydrogen (secondary N) is 1. The molecule has 2 amide bonds. The van der Waals surface area contributed by atoms with Crippen LogP contribution in [0, 0.1) is 5.82 Å². The van der Waals surface area contributed by atoms with Crippen LogP contribution in [0.4, 0.5) is 4.39 Å². The van der Waals surface area contributed by atoms with Crippen LogP contribution < -0.4 is 10.1 Å².